The van der Waals surface area contributed by atoms with E-state index in [2.05, 4.69) is 15.3 Å². The molecule has 25 heavy (non-hydrogen) atoms. The molecule has 2 amide bonds. The van der Waals surface area contributed by atoms with E-state index in [0.717, 1.165) is 19.5 Å². The molecule has 2 N–H and O–H groups in total. The van der Waals surface area contributed by atoms with Crippen LogP contribution in [-0.4, -0.2) is 34.0 Å². The van der Waals surface area contributed by atoms with Crippen molar-refractivity contribution in [2.45, 2.75) is 45.0 Å². The zero-order valence-corrected chi connectivity index (χ0v) is 14.0. The number of urea groups is 1. The highest BCUT2D eigenvalue weighted by molar-refractivity contribution is 5.92. The Morgan fingerprint density at radius 3 is 2.80 bits per heavy atom. The van der Waals surface area contributed by atoms with Crippen molar-refractivity contribution in [2.75, 3.05) is 18.4 Å². The number of nitrogens with zero attached hydrogens (tertiary/aromatic N) is 2. The lowest BCUT2D eigenvalue weighted by Gasteiger charge is -2.33. The Hall–Kier alpha value is -2.18. The molecule has 4 rings (SSSR count). The number of aromatic amines is 1. The van der Waals surface area contributed by atoms with Crippen molar-refractivity contribution in [3.8, 4) is 0 Å². The minimum atomic E-state index is -2.64. The Bertz CT molecular complexity index is 782. The topological polar surface area (TPSA) is 61.0 Å². The average molecular weight is 348 g/mol. The fourth-order valence-corrected chi connectivity index (χ4v) is 4.23. The molecule has 134 valence electrons. The lowest BCUT2D eigenvalue weighted by atomic mass is 9.73. The minimum absolute atomic E-state index is 0.115. The molecule has 1 saturated carbocycles. The molecule has 1 spiro atoms. The van der Waals surface area contributed by atoms with Crippen LogP contribution >= 0.6 is 0 Å². The fourth-order valence-electron chi connectivity index (χ4n) is 4.23. The molecular weight excluding hydrogens is 326 g/mol. The molecule has 1 aliphatic heterocycles. The number of carbonyl (C=O) groups is 1. The van der Waals surface area contributed by atoms with E-state index in [1.807, 2.05) is 4.90 Å². The summed E-state index contributed by atoms with van der Waals surface area (Å²) in [6.07, 6.45) is 4.70. The van der Waals surface area contributed by atoms with Crippen LogP contribution in [0, 0.1) is 5.41 Å². The van der Waals surface area contributed by atoms with E-state index >= 15 is 0 Å². The Morgan fingerprint density at radius 1 is 1.24 bits per heavy atom. The van der Waals surface area contributed by atoms with Gasteiger partial charge in [-0.3, -0.25) is 0 Å². The molecule has 2 aromatic rings. The molecule has 2 fully saturated rings. The highest BCUT2D eigenvalue weighted by atomic mass is 19.3. The minimum Gasteiger partial charge on any atom is -0.337 e. The van der Waals surface area contributed by atoms with E-state index in [0.29, 0.717) is 22.1 Å². The summed E-state index contributed by atoms with van der Waals surface area (Å²) in [7, 11) is 0. The molecule has 0 atom stereocenters. The molecule has 1 aliphatic carbocycles. The molecule has 2 aliphatic rings. The third-order valence-corrected chi connectivity index (χ3v) is 5.60. The maximum Gasteiger partial charge on any atom is 0.321 e. The molecule has 2 heterocycles. The van der Waals surface area contributed by atoms with E-state index in [9.17, 15) is 13.6 Å². The maximum absolute atomic E-state index is 12.7. The van der Waals surface area contributed by atoms with Gasteiger partial charge >= 0.3 is 6.03 Å². The normalized spacial score (nSPS) is 19.9. The molecule has 0 bridgehead atoms. The Balaban J connectivity index is 1.44. The molecular formula is C18H22F2N4O. The second-order valence-electron chi connectivity index (χ2n) is 7.32. The number of anilines is 1. The number of amides is 2. The van der Waals surface area contributed by atoms with Crippen molar-refractivity contribution in [3.63, 3.8) is 0 Å². The number of carbonyl (C=O) groups excluding carboxylic acids is 1. The molecule has 0 radical (unpaired) electrons. The quantitative estimate of drug-likeness (QED) is 0.827. The number of alkyl halides is 2. The molecule has 7 heteroatoms. The van der Waals surface area contributed by atoms with Crippen LogP contribution in [-0.2, 0) is 0 Å². The summed E-state index contributed by atoms with van der Waals surface area (Å²) in [6, 6.07) is 4.87. The number of likely N-dealkylation sites (tertiary alicyclic amines) is 1. The van der Waals surface area contributed by atoms with E-state index in [1.54, 1.807) is 18.2 Å². The number of imidazole rings is 1. The largest absolute Gasteiger partial charge is 0.337 e. The first kappa shape index (κ1) is 16.3. The third kappa shape index (κ3) is 3.19. The standard InChI is InChI=1S/C18H22F2N4O/c19-15(20)16-22-13-5-4-12(10-14(13)23-16)21-17(25)24-9-8-18(11-24)6-2-1-3-7-18/h4-5,10,15H,1-3,6-9,11H2,(H,21,25)(H,22,23). The van der Waals surface area contributed by atoms with Gasteiger partial charge < -0.3 is 15.2 Å². The number of H-pyrrole nitrogens is 1. The summed E-state index contributed by atoms with van der Waals surface area (Å²) < 4.78 is 25.4. The van der Waals surface area contributed by atoms with Gasteiger partial charge in [0.25, 0.3) is 6.43 Å². The van der Waals surface area contributed by atoms with Gasteiger partial charge in [0.05, 0.1) is 11.0 Å². The van der Waals surface area contributed by atoms with Crippen LogP contribution in [0.15, 0.2) is 18.2 Å². The average Bonchev–Trinajstić information content (AvgIpc) is 3.20. The second kappa shape index (κ2) is 6.28. The van der Waals surface area contributed by atoms with Gasteiger partial charge in [0.15, 0.2) is 5.82 Å². The number of benzene rings is 1. The summed E-state index contributed by atoms with van der Waals surface area (Å²) in [5.74, 6) is -0.350. The van der Waals surface area contributed by atoms with Crippen LogP contribution in [0.5, 0.6) is 0 Å². The summed E-state index contributed by atoms with van der Waals surface area (Å²) in [5.41, 5.74) is 1.87. The van der Waals surface area contributed by atoms with Gasteiger partial charge in [-0.2, -0.15) is 0 Å². The van der Waals surface area contributed by atoms with E-state index in [1.165, 1.54) is 32.1 Å². The monoisotopic (exact) mass is 348 g/mol. The zero-order valence-electron chi connectivity index (χ0n) is 14.0. The number of hydrogen-bond acceptors (Lipinski definition) is 2. The SMILES string of the molecule is O=C(Nc1ccc2nc(C(F)F)[nH]c2c1)N1CCC2(CCCCC2)C1. The lowest BCUT2D eigenvalue weighted by molar-refractivity contribution is 0.142. The summed E-state index contributed by atoms with van der Waals surface area (Å²) in [5, 5.41) is 2.89. The van der Waals surface area contributed by atoms with Crippen molar-refractivity contribution in [1.29, 1.82) is 0 Å². The predicted octanol–water partition coefficient (Wildman–Crippen LogP) is 4.69. The van der Waals surface area contributed by atoms with Crippen LogP contribution < -0.4 is 5.32 Å². The first-order valence-electron chi connectivity index (χ1n) is 8.88. The number of halogens is 2. The summed E-state index contributed by atoms with van der Waals surface area (Å²) in [4.78, 5) is 20.9. The maximum atomic E-state index is 12.7. The van der Waals surface area contributed by atoms with Gasteiger partial charge in [-0.15, -0.1) is 0 Å². The summed E-state index contributed by atoms with van der Waals surface area (Å²) >= 11 is 0. The van der Waals surface area contributed by atoms with Crippen molar-refractivity contribution in [1.82, 2.24) is 14.9 Å². The highest BCUT2D eigenvalue weighted by Gasteiger charge is 2.40. The van der Waals surface area contributed by atoms with Crippen molar-refractivity contribution < 1.29 is 13.6 Å². The first-order chi connectivity index (χ1) is 12.0. The smallest absolute Gasteiger partial charge is 0.321 e. The van der Waals surface area contributed by atoms with Gasteiger partial charge in [-0.05, 0) is 42.9 Å². The Labute approximate surface area is 144 Å². The van der Waals surface area contributed by atoms with Crippen LogP contribution in [0.3, 0.4) is 0 Å². The molecule has 1 aromatic carbocycles. The van der Waals surface area contributed by atoms with Gasteiger partial charge in [0.2, 0.25) is 0 Å². The fraction of sp³-hybridized carbons (Fsp3) is 0.556. The van der Waals surface area contributed by atoms with Crippen LogP contribution in [0.4, 0.5) is 19.3 Å². The Morgan fingerprint density at radius 2 is 2.04 bits per heavy atom. The molecule has 1 saturated heterocycles. The van der Waals surface area contributed by atoms with Gasteiger partial charge in [0.1, 0.15) is 0 Å². The second-order valence-corrected chi connectivity index (χ2v) is 7.32. The van der Waals surface area contributed by atoms with Gasteiger partial charge in [-0.25, -0.2) is 18.6 Å². The lowest BCUT2D eigenvalue weighted by Crippen LogP contribution is -2.36. The zero-order chi connectivity index (χ0) is 17.4. The van der Waals surface area contributed by atoms with Gasteiger partial charge in [0, 0.05) is 18.8 Å². The number of fused-ring (bicyclic) bond motifs is 1. The number of aromatic nitrogens is 2. The van der Waals surface area contributed by atoms with Crippen LogP contribution in [0.2, 0.25) is 0 Å². The summed E-state index contributed by atoms with van der Waals surface area (Å²) in [6.45, 7) is 1.61. The van der Waals surface area contributed by atoms with Crippen molar-refractivity contribution >= 4 is 22.8 Å². The van der Waals surface area contributed by atoms with Gasteiger partial charge in [-0.1, -0.05) is 19.3 Å². The van der Waals surface area contributed by atoms with E-state index < -0.39 is 6.43 Å². The number of rotatable bonds is 2. The van der Waals surface area contributed by atoms with E-state index in [4.69, 9.17) is 0 Å². The molecule has 0 unspecified atom stereocenters. The van der Waals surface area contributed by atoms with Crippen LogP contribution in [0.25, 0.3) is 11.0 Å². The number of nitrogens with one attached hydrogen (secondary N) is 2. The van der Waals surface area contributed by atoms with Crippen molar-refractivity contribution in [3.05, 3.63) is 24.0 Å². The predicted molar refractivity (Wildman–Crippen MR) is 91.8 cm³/mol. The van der Waals surface area contributed by atoms with Crippen molar-refractivity contribution in [2.24, 2.45) is 5.41 Å². The Kier molecular flexibility index (Phi) is 4.09. The third-order valence-electron chi connectivity index (χ3n) is 5.60. The van der Waals surface area contributed by atoms with E-state index in [-0.39, 0.29) is 11.9 Å². The molecule has 1 aromatic heterocycles. The number of hydrogen-bond donors (Lipinski definition) is 2. The highest BCUT2D eigenvalue weighted by Crippen LogP contribution is 2.43. The molecule has 5 nitrogen and oxygen atoms in total. The first-order valence-corrected chi connectivity index (χ1v) is 8.88. The van der Waals surface area contributed by atoms with Crippen LogP contribution in [0.1, 0.15) is 50.8 Å².